The zero-order chi connectivity index (χ0) is 18.9. The van der Waals surface area contributed by atoms with E-state index in [9.17, 15) is 14.7 Å². The fraction of sp³-hybridized carbons (Fsp3) is 0.300. The Morgan fingerprint density at radius 3 is 2.65 bits per heavy atom. The van der Waals surface area contributed by atoms with Crippen LogP contribution in [0, 0.1) is 6.92 Å². The molecule has 2 aromatic carbocycles. The molecule has 0 saturated carbocycles. The van der Waals surface area contributed by atoms with Crippen molar-refractivity contribution in [1.82, 2.24) is 0 Å². The topological polar surface area (TPSA) is 66.8 Å². The van der Waals surface area contributed by atoms with E-state index in [2.05, 4.69) is 0 Å². The van der Waals surface area contributed by atoms with Gasteiger partial charge in [-0.15, -0.1) is 0 Å². The number of ether oxygens (including phenoxy) is 1. The van der Waals surface area contributed by atoms with Crippen LogP contribution in [0.15, 0.2) is 42.5 Å². The predicted molar refractivity (Wildman–Crippen MR) is 99.7 cm³/mol. The van der Waals surface area contributed by atoms with Gasteiger partial charge in [0.25, 0.3) is 5.91 Å². The van der Waals surface area contributed by atoms with E-state index in [1.54, 1.807) is 30.3 Å². The van der Waals surface area contributed by atoms with Crippen molar-refractivity contribution in [1.29, 1.82) is 0 Å². The molecule has 5 nitrogen and oxygen atoms in total. The molecule has 136 valence electrons. The Morgan fingerprint density at radius 1 is 1.23 bits per heavy atom. The largest absolute Gasteiger partial charge is 0.490 e. The summed E-state index contributed by atoms with van der Waals surface area (Å²) in [5.41, 5.74) is 0.143. The van der Waals surface area contributed by atoms with Crippen LogP contribution in [0.1, 0.15) is 24.5 Å². The summed E-state index contributed by atoms with van der Waals surface area (Å²) in [5.74, 6) is -0.216. The number of fused-ring (bicyclic) bond motifs is 1. The van der Waals surface area contributed by atoms with Gasteiger partial charge in [0, 0.05) is 12.0 Å². The third-order valence-electron chi connectivity index (χ3n) is 4.47. The first-order chi connectivity index (χ1) is 12.3. The maximum absolute atomic E-state index is 12.9. The van der Waals surface area contributed by atoms with Gasteiger partial charge in [0.1, 0.15) is 18.1 Å². The number of para-hydroxylation sites is 2. The zero-order valence-corrected chi connectivity index (χ0v) is 15.4. The number of carbonyl (C=O) groups excluding carboxylic acids is 2. The highest BCUT2D eigenvalue weighted by Gasteiger charge is 2.50. The molecule has 26 heavy (non-hydrogen) atoms. The van der Waals surface area contributed by atoms with Crippen LogP contribution in [0.25, 0.3) is 0 Å². The van der Waals surface area contributed by atoms with Crippen molar-refractivity contribution in [2.24, 2.45) is 0 Å². The summed E-state index contributed by atoms with van der Waals surface area (Å²) in [7, 11) is 0. The van der Waals surface area contributed by atoms with Gasteiger partial charge < -0.3 is 14.7 Å². The number of carbonyl (C=O) groups is 2. The van der Waals surface area contributed by atoms with Crippen molar-refractivity contribution < 1.29 is 19.4 Å². The first kappa shape index (κ1) is 18.4. The van der Waals surface area contributed by atoms with E-state index in [-0.39, 0.29) is 25.4 Å². The molecule has 1 aliphatic rings. The summed E-state index contributed by atoms with van der Waals surface area (Å²) >= 11 is 6.07. The molecule has 0 bridgehead atoms. The van der Waals surface area contributed by atoms with Gasteiger partial charge >= 0.3 is 0 Å². The van der Waals surface area contributed by atoms with Crippen molar-refractivity contribution >= 4 is 29.0 Å². The second kappa shape index (κ2) is 7.09. The minimum absolute atomic E-state index is 0.208. The third-order valence-corrected chi connectivity index (χ3v) is 4.78. The lowest BCUT2D eigenvalue weighted by atomic mass is 9.89. The van der Waals surface area contributed by atoms with Crippen LogP contribution in [-0.4, -0.2) is 29.9 Å². The highest BCUT2D eigenvalue weighted by atomic mass is 35.5. The Balaban J connectivity index is 1.85. The third kappa shape index (κ3) is 3.20. The monoisotopic (exact) mass is 373 g/mol. The normalized spacial score (nSPS) is 18.8. The lowest BCUT2D eigenvalue weighted by molar-refractivity contribution is -0.141. The molecule has 0 radical (unpaired) electrons. The summed E-state index contributed by atoms with van der Waals surface area (Å²) in [4.78, 5) is 26.0. The molecule has 1 heterocycles. The number of hydrogen-bond acceptors (Lipinski definition) is 4. The number of ketones is 1. The zero-order valence-electron chi connectivity index (χ0n) is 14.7. The summed E-state index contributed by atoms with van der Waals surface area (Å²) in [6.45, 7) is 3.68. The SMILES string of the molecule is CC(=O)C[C@@]1(O)C(=O)N(CCOc2ccccc2Cl)c2c(C)cccc21. The first-order valence-corrected chi connectivity index (χ1v) is 8.73. The molecule has 1 atom stereocenters. The molecular weight excluding hydrogens is 354 g/mol. The van der Waals surface area contributed by atoms with Crippen LogP contribution in [0.3, 0.4) is 0 Å². The summed E-state index contributed by atoms with van der Waals surface area (Å²) in [6.07, 6.45) is -0.246. The number of amides is 1. The highest BCUT2D eigenvalue weighted by Crippen LogP contribution is 2.44. The maximum Gasteiger partial charge on any atom is 0.264 e. The van der Waals surface area contributed by atoms with Gasteiger partial charge in [0.05, 0.1) is 17.3 Å². The van der Waals surface area contributed by atoms with E-state index in [1.807, 2.05) is 19.1 Å². The van der Waals surface area contributed by atoms with Gasteiger partial charge in [-0.2, -0.15) is 0 Å². The minimum atomic E-state index is -1.82. The minimum Gasteiger partial charge on any atom is -0.490 e. The summed E-state index contributed by atoms with van der Waals surface area (Å²) < 4.78 is 5.68. The molecule has 2 aromatic rings. The fourth-order valence-corrected chi connectivity index (χ4v) is 3.53. The quantitative estimate of drug-likeness (QED) is 0.844. The summed E-state index contributed by atoms with van der Waals surface area (Å²) in [6, 6.07) is 12.4. The standard InChI is InChI=1S/C20H20ClNO4/c1-13-6-5-7-15-18(13)22(19(24)20(15,25)12-14(2)23)10-11-26-17-9-4-3-8-16(17)21/h3-9,25H,10-12H2,1-2H3/t20-/m0/s1. The Labute approximate surface area is 157 Å². The van der Waals surface area contributed by atoms with Crippen LogP contribution in [-0.2, 0) is 15.2 Å². The average molecular weight is 374 g/mol. The van der Waals surface area contributed by atoms with Crippen LogP contribution in [0.2, 0.25) is 5.02 Å². The van der Waals surface area contributed by atoms with Crippen LogP contribution >= 0.6 is 11.6 Å². The lowest BCUT2D eigenvalue weighted by Gasteiger charge is -2.22. The van der Waals surface area contributed by atoms with Crippen molar-refractivity contribution in [3.63, 3.8) is 0 Å². The smallest absolute Gasteiger partial charge is 0.264 e. The number of anilines is 1. The van der Waals surface area contributed by atoms with E-state index in [0.717, 1.165) is 5.56 Å². The van der Waals surface area contributed by atoms with E-state index in [0.29, 0.717) is 22.0 Å². The van der Waals surface area contributed by atoms with E-state index in [4.69, 9.17) is 16.3 Å². The van der Waals surface area contributed by atoms with E-state index in [1.165, 1.54) is 11.8 Å². The predicted octanol–water partition coefficient (Wildman–Crippen LogP) is 3.24. The number of Topliss-reactive ketones (excluding diaryl/α,β-unsaturated/α-hetero) is 1. The number of aryl methyl sites for hydroxylation is 1. The number of nitrogens with zero attached hydrogens (tertiary/aromatic N) is 1. The lowest BCUT2D eigenvalue weighted by Crippen LogP contribution is -2.43. The van der Waals surface area contributed by atoms with Gasteiger partial charge in [-0.05, 0) is 31.5 Å². The molecule has 0 spiro atoms. The fourth-order valence-electron chi connectivity index (χ4n) is 3.34. The Hall–Kier alpha value is -2.37. The summed E-state index contributed by atoms with van der Waals surface area (Å²) in [5, 5.41) is 11.5. The molecule has 6 heteroatoms. The van der Waals surface area contributed by atoms with E-state index < -0.39 is 11.5 Å². The van der Waals surface area contributed by atoms with Crippen LogP contribution in [0.4, 0.5) is 5.69 Å². The number of hydrogen-bond donors (Lipinski definition) is 1. The second-order valence-electron chi connectivity index (χ2n) is 6.45. The molecule has 0 unspecified atom stereocenters. The van der Waals surface area contributed by atoms with Crippen LogP contribution < -0.4 is 9.64 Å². The molecular formula is C20H20ClNO4. The van der Waals surface area contributed by atoms with Gasteiger partial charge in [0.2, 0.25) is 0 Å². The Morgan fingerprint density at radius 2 is 1.96 bits per heavy atom. The van der Waals surface area contributed by atoms with Crippen molar-refractivity contribution in [3.05, 3.63) is 58.6 Å². The van der Waals surface area contributed by atoms with Gasteiger partial charge in [-0.25, -0.2) is 0 Å². The van der Waals surface area contributed by atoms with E-state index >= 15 is 0 Å². The van der Waals surface area contributed by atoms with Crippen molar-refractivity contribution in [3.8, 4) is 5.75 Å². The molecule has 0 aliphatic carbocycles. The molecule has 0 aromatic heterocycles. The number of rotatable bonds is 6. The van der Waals surface area contributed by atoms with Crippen molar-refractivity contribution in [2.75, 3.05) is 18.1 Å². The molecule has 0 saturated heterocycles. The van der Waals surface area contributed by atoms with Crippen molar-refractivity contribution in [2.45, 2.75) is 25.9 Å². The Bertz CT molecular complexity index is 867. The molecule has 3 rings (SSSR count). The first-order valence-electron chi connectivity index (χ1n) is 8.36. The van der Waals surface area contributed by atoms with Crippen LogP contribution in [0.5, 0.6) is 5.75 Å². The maximum atomic E-state index is 12.9. The molecule has 1 amide bonds. The second-order valence-corrected chi connectivity index (χ2v) is 6.85. The average Bonchev–Trinajstić information content (AvgIpc) is 2.79. The molecule has 0 fully saturated rings. The number of halogens is 1. The van der Waals surface area contributed by atoms with Gasteiger partial charge in [-0.1, -0.05) is 41.9 Å². The number of benzene rings is 2. The molecule has 1 aliphatic heterocycles. The van der Waals surface area contributed by atoms with Gasteiger partial charge in [0.15, 0.2) is 5.60 Å². The number of aliphatic hydroxyl groups is 1. The Kier molecular flexibility index (Phi) is 5.03. The molecule has 1 N–H and O–H groups in total. The highest BCUT2D eigenvalue weighted by molar-refractivity contribution is 6.32. The van der Waals surface area contributed by atoms with Gasteiger partial charge in [-0.3, -0.25) is 9.59 Å².